The molecule has 1 aliphatic heterocycles. The molecular formula is C25H21NO3. The fourth-order valence-electron chi connectivity index (χ4n) is 5.33. The summed E-state index contributed by atoms with van der Waals surface area (Å²) in [7, 11) is 1.51. The van der Waals surface area contributed by atoms with Gasteiger partial charge in [0.05, 0.1) is 11.1 Å². The SMILES string of the molecule is CN1C(=O)c2ccc(OC3=CC4C=C5C(=CC3C4)C3C=CC=CC5C3)cc2C1=O. The summed E-state index contributed by atoms with van der Waals surface area (Å²) in [5.41, 5.74) is 3.81. The molecule has 1 aromatic rings. The topological polar surface area (TPSA) is 46.6 Å². The number of nitrogens with zero attached hydrogens (tertiary/aromatic N) is 1. The smallest absolute Gasteiger partial charge is 0.261 e. The maximum atomic E-state index is 12.3. The van der Waals surface area contributed by atoms with Gasteiger partial charge in [-0.3, -0.25) is 14.5 Å². The normalized spacial score (nSPS) is 31.1. The van der Waals surface area contributed by atoms with Crippen molar-refractivity contribution in [1.29, 1.82) is 0 Å². The standard InChI is InChI=1S/C25H21NO3/c1-26-24(27)19-7-6-18(13-22(19)25(26)28)29-23-10-14-8-17(23)12-21-16-5-3-2-4-15(11-16)20(21)9-14/h2-7,9-10,12-17H,8,11H2,1H3. The summed E-state index contributed by atoms with van der Waals surface area (Å²) < 4.78 is 6.25. The highest BCUT2D eigenvalue weighted by molar-refractivity contribution is 6.21. The lowest BCUT2D eigenvalue weighted by Crippen LogP contribution is -2.24. The average molecular weight is 383 g/mol. The van der Waals surface area contributed by atoms with Crippen molar-refractivity contribution < 1.29 is 14.3 Å². The fraction of sp³-hybridized carbons (Fsp3) is 0.280. The first-order chi connectivity index (χ1) is 14.1. The van der Waals surface area contributed by atoms with Crippen molar-refractivity contribution in [2.24, 2.45) is 23.7 Å². The number of rotatable bonds is 2. The Hall–Kier alpha value is -3.14. The number of allylic oxidation sites excluding steroid dienone is 9. The van der Waals surface area contributed by atoms with Gasteiger partial charge in [0.2, 0.25) is 0 Å². The van der Waals surface area contributed by atoms with Crippen LogP contribution in [0.15, 0.2) is 77.6 Å². The van der Waals surface area contributed by atoms with Crippen LogP contribution in [0.2, 0.25) is 0 Å². The van der Waals surface area contributed by atoms with Crippen molar-refractivity contribution in [2.45, 2.75) is 12.8 Å². The molecule has 0 aromatic heterocycles. The first-order valence-electron chi connectivity index (χ1n) is 10.2. The highest BCUT2D eigenvalue weighted by Gasteiger charge is 2.38. The number of hydrogen-bond donors (Lipinski definition) is 0. The van der Waals surface area contributed by atoms with Gasteiger partial charge in [0.1, 0.15) is 11.5 Å². The Morgan fingerprint density at radius 2 is 1.59 bits per heavy atom. The number of ether oxygens (including phenoxy) is 1. The number of carbonyl (C=O) groups is 2. The highest BCUT2D eigenvalue weighted by Crippen LogP contribution is 2.49. The molecular weight excluding hydrogens is 362 g/mol. The van der Waals surface area contributed by atoms with E-state index in [1.165, 1.54) is 18.2 Å². The van der Waals surface area contributed by atoms with E-state index in [9.17, 15) is 9.59 Å². The number of amides is 2. The molecule has 144 valence electrons. The molecule has 0 spiro atoms. The van der Waals surface area contributed by atoms with Crippen LogP contribution >= 0.6 is 0 Å². The molecule has 4 unspecified atom stereocenters. The lowest BCUT2D eigenvalue weighted by molar-refractivity contribution is 0.0693. The van der Waals surface area contributed by atoms with Crippen LogP contribution < -0.4 is 4.74 Å². The van der Waals surface area contributed by atoms with Crippen LogP contribution in [0.5, 0.6) is 5.75 Å². The van der Waals surface area contributed by atoms with Gasteiger partial charge in [0.15, 0.2) is 0 Å². The van der Waals surface area contributed by atoms with Crippen LogP contribution in [0.25, 0.3) is 0 Å². The third-order valence-electron chi connectivity index (χ3n) is 6.78. The van der Waals surface area contributed by atoms with Crippen molar-refractivity contribution in [3.8, 4) is 5.75 Å². The second-order valence-electron chi connectivity index (χ2n) is 8.52. The van der Waals surface area contributed by atoms with Gasteiger partial charge in [-0.15, -0.1) is 0 Å². The van der Waals surface area contributed by atoms with E-state index in [-0.39, 0.29) is 17.7 Å². The van der Waals surface area contributed by atoms with E-state index in [0.29, 0.717) is 34.6 Å². The van der Waals surface area contributed by atoms with Gasteiger partial charge in [0.25, 0.3) is 11.8 Å². The maximum Gasteiger partial charge on any atom is 0.261 e. The van der Waals surface area contributed by atoms with Crippen molar-refractivity contribution >= 4 is 11.8 Å². The maximum absolute atomic E-state index is 12.3. The van der Waals surface area contributed by atoms with Gasteiger partial charge in [0, 0.05) is 24.8 Å². The molecule has 5 aliphatic rings. The lowest BCUT2D eigenvalue weighted by Gasteiger charge is -2.16. The first kappa shape index (κ1) is 16.8. The predicted molar refractivity (Wildman–Crippen MR) is 109 cm³/mol. The molecule has 6 rings (SSSR count). The molecule has 1 saturated carbocycles. The fourth-order valence-corrected chi connectivity index (χ4v) is 5.33. The van der Waals surface area contributed by atoms with Crippen molar-refractivity contribution in [3.63, 3.8) is 0 Å². The van der Waals surface area contributed by atoms with Crippen LogP contribution in [0.1, 0.15) is 33.6 Å². The zero-order chi connectivity index (χ0) is 19.7. The Morgan fingerprint density at radius 3 is 2.38 bits per heavy atom. The second-order valence-corrected chi connectivity index (χ2v) is 8.52. The number of carbonyl (C=O) groups excluding carboxylic acids is 2. The Bertz CT molecular complexity index is 1120. The molecule has 1 fully saturated rings. The van der Waals surface area contributed by atoms with Crippen LogP contribution in [0, 0.1) is 23.7 Å². The minimum absolute atomic E-state index is 0.245. The van der Waals surface area contributed by atoms with E-state index in [1.807, 2.05) is 0 Å². The predicted octanol–water partition coefficient (Wildman–Crippen LogP) is 4.44. The molecule has 4 atom stereocenters. The van der Waals surface area contributed by atoms with Gasteiger partial charge in [-0.25, -0.2) is 0 Å². The zero-order valence-corrected chi connectivity index (χ0v) is 16.2. The molecule has 2 amide bonds. The van der Waals surface area contributed by atoms with E-state index >= 15 is 0 Å². The van der Waals surface area contributed by atoms with E-state index in [2.05, 4.69) is 42.5 Å². The van der Waals surface area contributed by atoms with Gasteiger partial charge in [-0.05, 0) is 54.2 Å². The molecule has 4 nitrogen and oxygen atoms in total. The molecule has 4 heteroatoms. The number of benzene rings is 1. The molecule has 0 saturated heterocycles. The Labute approximate surface area is 169 Å². The van der Waals surface area contributed by atoms with Gasteiger partial charge in [-0.1, -0.05) is 36.5 Å². The summed E-state index contributed by atoms with van der Waals surface area (Å²) in [5.74, 6) is 2.67. The molecule has 0 N–H and O–H groups in total. The average Bonchev–Trinajstić information content (AvgIpc) is 3.12. The first-order valence-corrected chi connectivity index (χ1v) is 10.2. The minimum Gasteiger partial charge on any atom is -0.461 e. The van der Waals surface area contributed by atoms with Crippen molar-refractivity contribution in [3.05, 3.63) is 88.8 Å². The second kappa shape index (κ2) is 5.93. The summed E-state index contributed by atoms with van der Waals surface area (Å²) in [5, 5.41) is 0. The van der Waals surface area contributed by atoms with Crippen LogP contribution in [0.4, 0.5) is 0 Å². The molecule has 0 radical (unpaired) electrons. The number of hydrogen-bond acceptors (Lipinski definition) is 3. The summed E-state index contributed by atoms with van der Waals surface area (Å²) in [6, 6.07) is 5.18. The number of fused-ring (bicyclic) bond motifs is 8. The van der Waals surface area contributed by atoms with E-state index in [4.69, 9.17) is 4.74 Å². The largest absolute Gasteiger partial charge is 0.461 e. The molecule has 4 bridgehead atoms. The van der Waals surface area contributed by atoms with Crippen LogP contribution in [0.3, 0.4) is 0 Å². The van der Waals surface area contributed by atoms with Crippen LogP contribution in [-0.4, -0.2) is 23.8 Å². The quantitative estimate of drug-likeness (QED) is 0.710. The van der Waals surface area contributed by atoms with E-state index in [1.54, 1.807) is 18.2 Å². The van der Waals surface area contributed by atoms with Gasteiger partial charge in [-0.2, -0.15) is 0 Å². The lowest BCUT2D eigenvalue weighted by atomic mass is 9.94. The minimum atomic E-state index is -0.268. The third-order valence-corrected chi connectivity index (χ3v) is 6.78. The highest BCUT2D eigenvalue weighted by atomic mass is 16.5. The molecule has 1 heterocycles. The van der Waals surface area contributed by atoms with E-state index < -0.39 is 0 Å². The summed E-state index contributed by atoms with van der Waals surface area (Å²) in [4.78, 5) is 25.5. The van der Waals surface area contributed by atoms with E-state index in [0.717, 1.165) is 23.5 Å². The van der Waals surface area contributed by atoms with Crippen molar-refractivity contribution in [2.75, 3.05) is 7.05 Å². The summed E-state index contributed by atoms with van der Waals surface area (Å²) >= 11 is 0. The summed E-state index contributed by atoms with van der Waals surface area (Å²) in [6.45, 7) is 0. The third kappa shape index (κ3) is 2.45. The van der Waals surface area contributed by atoms with Gasteiger partial charge < -0.3 is 4.74 Å². The van der Waals surface area contributed by atoms with Gasteiger partial charge >= 0.3 is 0 Å². The monoisotopic (exact) mass is 383 g/mol. The zero-order valence-electron chi connectivity index (χ0n) is 16.2. The van der Waals surface area contributed by atoms with Crippen molar-refractivity contribution in [1.82, 2.24) is 4.90 Å². The Balaban J connectivity index is 1.32. The Morgan fingerprint density at radius 1 is 0.862 bits per heavy atom. The molecule has 4 aliphatic carbocycles. The molecule has 29 heavy (non-hydrogen) atoms. The molecule has 1 aromatic carbocycles. The summed E-state index contributed by atoms with van der Waals surface area (Å²) in [6.07, 6.45) is 18.2. The Kier molecular flexibility index (Phi) is 3.43. The van der Waals surface area contributed by atoms with Crippen LogP contribution in [-0.2, 0) is 0 Å². The number of imide groups is 1.